The smallest absolute Gasteiger partial charge is 0.233 e. The molecule has 2 N–H and O–H groups in total. The Hall–Kier alpha value is -2.21. The fraction of sp³-hybridized carbons (Fsp3) is 0.474. The fourth-order valence-electron chi connectivity index (χ4n) is 3.94. The molecule has 2 heterocycles. The van der Waals surface area contributed by atoms with E-state index in [1.807, 2.05) is 13.0 Å². The minimum absolute atomic E-state index is 0.0388. The quantitative estimate of drug-likeness (QED) is 0.891. The third-order valence-corrected chi connectivity index (χ3v) is 5.47. The lowest BCUT2D eigenvalue weighted by molar-refractivity contribution is -0.133. The zero-order valence-electron chi connectivity index (χ0n) is 14.2. The van der Waals surface area contributed by atoms with E-state index in [9.17, 15) is 14.3 Å². The Kier molecular flexibility index (Phi) is 3.87. The summed E-state index contributed by atoms with van der Waals surface area (Å²) in [6, 6.07) is 8.48. The first-order valence-corrected chi connectivity index (χ1v) is 8.73. The molecule has 1 aliphatic heterocycles. The van der Waals surface area contributed by atoms with E-state index in [1.54, 1.807) is 23.1 Å². The molecule has 2 fully saturated rings. The van der Waals surface area contributed by atoms with Crippen LogP contribution in [0.1, 0.15) is 29.8 Å². The Bertz CT molecular complexity index is 799. The van der Waals surface area contributed by atoms with E-state index >= 15 is 0 Å². The minimum atomic E-state index is -0.733. The van der Waals surface area contributed by atoms with Crippen molar-refractivity contribution in [3.63, 3.8) is 0 Å². The van der Waals surface area contributed by atoms with Crippen molar-refractivity contribution >= 4 is 5.91 Å². The highest BCUT2D eigenvalue weighted by Gasteiger charge is 2.55. The predicted octanol–water partition coefficient (Wildman–Crippen LogP) is 1.95. The van der Waals surface area contributed by atoms with Crippen molar-refractivity contribution in [1.82, 2.24) is 15.1 Å². The largest absolute Gasteiger partial charge is 0.391 e. The molecular formula is C19H22FN3O2. The van der Waals surface area contributed by atoms with Crippen LogP contribution in [-0.4, -0.2) is 45.3 Å². The number of β-amino-alcohol motifs (C(OH)–C–C–N with tert-alkyl or cyclic N) is 1. The number of aromatic nitrogens is 2. The molecule has 0 unspecified atom stereocenters. The highest BCUT2D eigenvalue weighted by molar-refractivity contribution is 5.91. The first-order valence-electron chi connectivity index (χ1n) is 8.73. The van der Waals surface area contributed by atoms with Crippen LogP contribution in [0, 0.1) is 18.7 Å². The molecule has 2 aliphatic rings. The summed E-state index contributed by atoms with van der Waals surface area (Å²) in [5, 5.41) is 17.5. The number of aliphatic hydroxyl groups excluding tert-OH is 1. The third-order valence-electron chi connectivity index (χ3n) is 5.47. The molecule has 1 saturated heterocycles. The summed E-state index contributed by atoms with van der Waals surface area (Å²) in [6.45, 7) is 2.73. The Balaban J connectivity index is 1.49. The number of amides is 1. The summed E-state index contributed by atoms with van der Waals surface area (Å²) in [4.78, 5) is 14.8. The second-order valence-corrected chi connectivity index (χ2v) is 7.35. The van der Waals surface area contributed by atoms with E-state index in [4.69, 9.17) is 0 Å². The molecule has 0 bridgehead atoms. The normalized spacial score (nSPS) is 24.5. The van der Waals surface area contributed by atoms with Crippen LogP contribution in [0.3, 0.4) is 0 Å². The number of halogens is 1. The molecular weight excluding hydrogens is 321 g/mol. The van der Waals surface area contributed by atoms with Gasteiger partial charge in [-0.15, -0.1) is 0 Å². The number of carbonyl (C=O) groups is 1. The van der Waals surface area contributed by atoms with Crippen LogP contribution in [0.2, 0.25) is 0 Å². The van der Waals surface area contributed by atoms with E-state index in [0.717, 1.165) is 11.4 Å². The van der Waals surface area contributed by atoms with Crippen LogP contribution in [0.25, 0.3) is 0 Å². The van der Waals surface area contributed by atoms with Crippen molar-refractivity contribution in [2.24, 2.45) is 5.92 Å². The number of aromatic amines is 1. The molecule has 2 aromatic rings. The van der Waals surface area contributed by atoms with Crippen LogP contribution in [0.15, 0.2) is 30.3 Å². The zero-order valence-corrected chi connectivity index (χ0v) is 14.2. The van der Waals surface area contributed by atoms with Gasteiger partial charge < -0.3 is 10.0 Å². The lowest BCUT2D eigenvalue weighted by Crippen LogP contribution is -2.38. The van der Waals surface area contributed by atoms with Gasteiger partial charge in [-0.3, -0.25) is 9.89 Å². The number of aliphatic hydroxyl groups is 1. The summed E-state index contributed by atoms with van der Waals surface area (Å²) in [5.74, 6) is -0.419. The van der Waals surface area contributed by atoms with Gasteiger partial charge in [-0.2, -0.15) is 5.10 Å². The number of hydrogen-bond acceptors (Lipinski definition) is 3. The molecule has 1 aromatic heterocycles. The second-order valence-electron chi connectivity index (χ2n) is 7.35. The molecule has 1 amide bonds. The van der Waals surface area contributed by atoms with Crippen LogP contribution in [0.5, 0.6) is 0 Å². The first-order chi connectivity index (χ1) is 12.0. The average molecular weight is 343 g/mol. The Morgan fingerprint density at radius 3 is 2.80 bits per heavy atom. The summed E-state index contributed by atoms with van der Waals surface area (Å²) in [7, 11) is 0. The molecule has 1 aliphatic carbocycles. The number of benzene rings is 1. The molecule has 1 saturated carbocycles. The molecule has 4 rings (SSSR count). The van der Waals surface area contributed by atoms with Crippen LogP contribution >= 0.6 is 0 Å². The molecule has 132 valence electrons. The number of hydrogen-bond donors (Lipinski definition) is 2. The van der Waals surface area contributed by atoms with E-state index < -0.39 is 11.5 Å². The lowest BCUT2D eigenvalue weighted by atomic mass is 9.93. The van der Waals surface area contributed by atoms with Gasteiger partial charge in [-0.25, -0.2) is 4.39 Å². The van der Waals surface area contributed by atoms with Crippen molar-refractivity contribution in [2.75, 3.05) is 13.1 Å². The highest BCUT2D eigenvalue weighted by Crippen LogP contribution is 2.51. The highest BCUT2D eigenvalue weighted by atomic mass is 19.1. The van der Waals surface area contributed by atoms with Gasteiger partial charge in [-0.05, 0) is 38.3 Å². The Morgan fingerprint density at radius 2 is 2.16 bits per heavy atom. The van der Waals surface area contributed by atoms with Crippen molar-refractivity contribution < 1.29 is 14.3 Å². The number of nitrogens with one attached hydrogen (secondary N) is 1. The molecule has 25 heavy (non-hydrogen) atoms. The fourth-order valence-corrected chi connectivity index (χ4v) is 3.94. The van der Waals surface area contributed by atoms with Gasteiger partial charge in [0.1, 0.15) is 5.82 Å². The van der Waals surface area contributed by atoms with Gasteiger partial charge in [0.15, 0.2) is 0 Å². The maximum absolute atomic E-state index is 14.2. The van der Waals surface area contributed by atoms with E-state index in [1.165, 1.54) is 6.07 Å². The standard InChI is InChI=1S/C19H22FN3O2/c1-12-8-14(22-21-12)9-13-10-23(11-17(13)24)18(25)19(6-7-19)15-4-2-3-5-16(15)20/h2-5,8,13,17,24H,6-7,9-11H2,1H3,(H,21,22)/t13-,17+/m1/s1. The van der Waals surface area contributed by atoms with Crippen LogP contribution in [-0.2, 0) is 16.6 Å². The van der Waals surface area contributed by atoms with Crippen LogP contribution < -0.4 is 0 Å². The van der Waals surface area contributed by atoms with E-state index in [-0.39, 0.29) is 17.6 Å². The van der Waals surface area contributed by atoms with Gasteiger partial charge >= 0.3 is 0 Å². The number of aryl methyl sites for hydroxylation is 1. The predicted molar refractivity (Wildman–Crippen MR) is 90.4 cm³/mol. The number of rotatable bonds is 4. The summed E-state index contributed by atoms with van der Waals surface area (Å²) < 4.78 is 14.2. The van der Waals surface area contributed by atoms with Crippen LogP contribution in [0.4, 0.5) is 4.39 Å². The van der Waals surface area contributed by atoms with Gasteiger partial charge in [0.2, 0.25) is 5.91 Å². The monoisotopic (exact) mass is 343 g/mol. The summed E-state index contributed by atoms with van der Waals surface area (Å²) in [6.07, 6.45) is 1.39. The van der Waals surface area contributed by atoms with Gasteiger partial charge in [0, 0.05) is 30.3 Å². The van der Waals surface area contributed by atoms with E-state index in [2.05, 4.69) is 10.2 Å². The molecule has 0 spiro atoms. The topological polar surface area (TPSA) is 69.2 Å². The average Bonchev–Trinajstić information content (AvgIpc) is 3.17. The number of H-pyrrole nitrogens is 1. The SMILES string of the molecule is Cc1cc(C[C@@H]2CN(C(=O)C3(c4ccccc4F)CC3)C[C@@H]2O)n[nH]1. The third kappa shape index (κ3) is 2.84. The van der Waals surface area contributed by atoms with Gasteiger partial charge in [-0.1, -0.05) is 18.2 Å². The molecule has 2 atom stereocenters. The number of nitrogens with zero attached hydrogens (tertiary/aromatic N) is 2. The van der Waals surface area contributed by atoms with Gasteiger partial charge in [0.05, 0.1) is 17.2 Å². The number of carbonyl (C=O) groups excluding carboxylic acids is 1. The Morgan fingerprint density at radius 1 is 1.40 bits per heavy atom. The maximum atomic E-state index is 14.2. The summed E-state index contributed by atoms with van der Waals surface area (Å²) >= 11 is 0. The number of likely N-dealkylation sites (tertiary alicyclic amines) is 1. The Labute approximate surface area is 145 Å². The first kappa shape index (κ1) is 16.3. The lowest BCUT2D eigenvalue weighted by Gasteiger charge is -2.23. The van der Waals surface area contributed by atoms with Crippen molar-refractivity contribution in [3.05, 3.63) is 53.1 Å². The van der Waals surface area contributed by atoms with Crippen molar-refractivity contribution in [3.8, 4) is 0 Å². The second kappa shape index (κ2) is 5.95. The molecule has 6 heteroatoms. The maximum Gasteiger partial charge on any atom is 0.233 e. The molecule has 1 aromatic carbocycles. The van der Waals surface area contributed by atoms with Gasteiger partial charge in [0.25, 0.3) is 0 Å². The molecule has 5 nitrogen and oxygen atoms in total. The minimum Gasteiger partial charge on any atom is -0.391 e. The van der Waals surface area contributed by atoms with Crippen molar-refractivity contribution in [1.29, 1.82) is 0 Å². The molecule has 0 radical (unpaired) electrons. The van der Waals surface area contributed by atoms with E-state index in [0.29, 0.717) is 37.9 Å². The zero-order chi connectivity index (χ0) is 17.6. The summed E-state index contributed by atoms with van der Waals surface area (Å²) in [5.41, 5.74) is 1.63. The van der Waals surface area contributed by atoms with Crippen molar-refractivity contribution in [2.45, 2.75) is 37.7 Å².